The highest BCUT2D eigenvalue weighted by Crippen LogP contribution is 2.21. The molecule has 0 unspecified atom stereocenters. The van der Waals surface area contributed by atoms with Crippen molar-refractivity contribution in [2.24, 2.45) is 0 Å². The van der Waals surface area contributed by atoms with Crippen molar-refractivity contribution < 1.29 is 9.18 Å². The average molecular weight is 333 g/mol. The number of rotatable bonds is 2. The molecule has 0 bridgehead atoms. The van der Waals surface area contributed by atoms with Crippen molar-refractivity contribution in [2.75, 3.05) is 5.32 Å². The van der Waals surface area contributed by atoms with E-state index in [1.165, 1.54) is 6.07 Å². The maximum atomic E-state index is 13.6. The normalized spacial score (nSPS) is 9.90. The summed E-state index contributed by atoms with van der Waals surface area (Å²) in [5.74, 6) is -0.870. The Hall–Kier alpha value is -2.19. The highest BCUT2D eigenvalue weighted by molar-refractivity contribution is 9.10. The van der Waals surface area contributed by atoms with Gasteiger partial charge in [0.05, 0.1) is 11.6 Å². The van der Waals surface area contributed by atoms with Crippen LogP contribution in [0.4, 0.5) is 10.1 Å². The minimum absolute atomic E-state index is 0.166. The fraction of sp³-hybridized carbons (Fsp3) is 0.0667. The van der Waals surface area contributed by atoms with E-state index in [-0.39, 0.29) is 11.5 Å². The SMILES string of the molecule is Cc1c(F)cc(C#N)cc1NC(=O)c1ccc(Br)cc1. The molecule has 0 aliphatic heterocycles. The summed E-state index contributed by atoms with van der Waals surface area (Å²) < 4.78 is 14.5. The number of amides is 1. The van der Waals surface area contributed by atoms with Gasteiger partial charge in [-0.15, -0.1) is 0 Å². The molecule has 2 aromatic rings. The molecule has 5 heteroatoms. The number of benzene rings is 2. The number of halogens is 2. The molecule has 0 saturated heterocycles. The van der Waals surface area contributed by atoms with Crippen molar-refractivity contribution >= 4 is 27.5 Å². The summed E-state index contributed by atoms with van der Waals surface area (Å²) in [5, 5.41) is 11.4. The average Bonchev–Trinajstić information content (AvgIpc) is 2.44. The van der Waals surface area contributed by atoms with E-state index in [2.05, 4.69) is 21.2 Å². The van der Waals surface area contributed by atoms with Crippen LogP contribution in [-0.2, 0) is 0 Å². The van der Waals surface area contributed by atoms with E-state index in [4.69, 9.17) is 5.26 Å². The first-order chi connectivity index (χ1) is 9.51. The van der Waals surface area contributed by atoms with Gasteiger partial charge >= 0.3 is 0 Å². The highest BCUT2D eigenvalue weighted by Gasteiger charge is 2.11. The van der Waals surface area contributed by atoms with Crippen LogP contribution in [0.3, 0.4) is 0 Å². The second-order valence-corrected chi connectivity index (χ2v) is 5.12. The van der Waals surface area contributed by atoms with Gasteiger partial charge in [0.25, 0.3) is 5.91 Å². The molecular weight excluding hydrogens is 323 g/mol. The lowest BCUT2D eigenvalue weighted by molar-refractivity contribution is 0.102. The van der Waals surface area contributed by atoms with Crippen molar-refractivity contribution in [1.29, 1.82) is 5.26 Å². The Morgan fingerprint density at radius 1 is 1.30 bits per heavy atom. The first-order valence-corrected chi connectivity index (χ1v) is 6.57. The monoisotopic (exact) mass is 332 g/mol. The van der Waals surface area contributed by atoms with Gasteiger partial charge in [0.2, 0.25) is 0 Å². The minimum Gasteiger partial charge on any atom is -0.322 e. The van der Waals surface area contributed by atoms with E-state index >= 15 is 0 Å². The molecule has 0 spiro atoms. The van der Waals surface area contributed by atoms with Gasteiger partial charge in [-0.1, -0.05) is 15.9 Å². The standard InChI is InChI=1S/C15H10BrFN2O/c1-9-13(17)6-10(8-18)7-14(9)19-15(20)11-2-4-12(16)5-3-11/h2-7H,1H3,(H,19,20). The van der Waals surface area contributed by atoms with Gasteiger partial charge in [-0.05, 0) is 43.3 Å². The van der Waals surface area contributed by atoms with E-state index < -0.39 is 5.82 Å². The molecule has 2 aromatic carbocycles. The molecule has 1 N–H and O–H groups in total. The predicted molar refractivity (Wildman–Crippen MR) is 77.9 cm³/mol. The lowest BCUT2D eigenvalue weighted by atomic mass is 10.1. The van der Waals surface area contributed by atoms with Crippen molar-refractivity contribution in [2.45, 2.75) is 6.92 Å². The Balaban J connectivity index is 2.30. The second-order valence-electron chi connectivity index (χ2n) is 4.20. The summed E-state index contributed by atoms with van der Waals surface area (Å²) in [5.41, 5.74) is 1.22. The van der Waals surface area contributed by atoms with Crippen LogP contribution in [0.2, 0.25) is 0 Å². The van der Waals surface area contributed by atoms with Crippen LogP contribution in [-0.4, -0.2) is 5.91 Å². The molecule has 0 heterocycles. The first kappa shape index (κ1) is 14.2. The van der Waals surface area contributed by atoms with Crippen LogP contribution in [0, 0.1) is 24.1 Å². The van der Waals surface area contributed by atoms with Crippen LogP contribution in [0.25, 0.3) is 0 Å². The quantitative estimate of drug-likeness (QED) is 0.902. The van der Waals surface area contributed by atoms with Gasteiger partial charge in [0.15, 0.2) is 0 Å². The molecule has 0 atom stereocenters. The largest absolute Gasteiger partial charge is 0.322 e. The summed E-state index contributed by atoms with van der Waals surface area (Å²) >= 11 is 3.28. The Morgan fingerprint density at radius 2 is 1.95 bits per heavy atom. The number of carbonyl (C=O) groups is 1. The maximum Gasteiger partial charge on any atom is 0.255 e. The lowest BCUT2D eigenvalue weighted by Gasteiger charge is -2.10. The second kappa shape index (κ2) is 5.85. The van der Waals surface area contributed by atoms with E-state index in [9.17, 15) is 9.18 Å². The highest BCUT2D eigenvalue weighted by atomic mass is 79.9. The molecule has 100 valence electrons. The Morgan fingerprint density at radius 3 is 2.55 bits per heavy atom. The number of nitrogens with zero attached hydrogens (tertiary/aromatic N) is 1. The summed E-state index contributed by atoms with van der Waals surface area (Å²) in [7, 11) is 0. The zero-order chi connectivity index (χ0) is 14.7. The van der Waals surface area contributed by atoms with Gasteiger partial charge in [-0.3, -0.25) is 4.79 Å². The number of nitriles is 1. The van der Waals surface area contributed by atoms with Crippen LogP contribution in [0.1, 0.15) is 21.5 Å². The van der Waals surface area contributed by atoms with Gasteiger partial charge in [-0.2, -0.15) is 5.26 Å². The van der Waals surface area contributed by atoms with E-state index in [0.717, 1.165) is 10.5 Å². The molecule has 3 nitrogen and oxygen atoms in total. The van der Waals surface area contributed by atoms with Crippen LogP contribution in [0.15, 0.2) is 40.9 Å². The van der Waals surface area contributed by atoms with Crippen molar-refractivity contribution in [1.82, 2.24) is 0 Å². The third-order valence-corrected chi connectivity index (χ3v) is 3.36. The molecular formula is C15H10BrFN2O. The molecule has 1 amide bonds. The number of nitrogens with one attached hydrogen (secondary N) is 1. The zero-order valence-electron chi connectivity index (χ0n) is 10.6. The lowest BCUT2D eigenvalue weighted by Crippen LogP contribution is -2.13. The van der Waals surface area contributed by atoms with E-state index in [1.807, 2.05) is 6.07 Å². The third kappa shape index (κ3) is 3.03. The third-order valence-electron chi connectivity index (χ3n) is 2.83. The molecule has 0 saturated carbocycles. The Labute approximate surface area is 124 Å². The fourth-order valence-electron chi connectivity index (χ4n) is 1.67. The Kier molecular flexibility index (Phi) is 4.16. The van der Waals surface area contributed by atoms with Gasteiger partial charge < -0.3 is 5.32 Å². The number of anilines is 1. The maximum absolute atomic E-state index is 13.6. The van der Waals surface area contributed by atoms with Gasteiger partial charge in [-0.25, -0.2) is 4.39 Å². The van der Waals surface area contributed by atoms with Crippen molar-refractivity contribution in [3.05, 3.63) is 63.4 Å². The summed E-state index contributed by atoms with van der Waals surface area (Å²) in [6, 6.07) is 11.2. The zero-order valence-corrected chi connectivity index (χ0v) is 12.2. The molecule has 20 heavy (non-hydrogen) atoms. The summed E-state index contributed by atoms with van der Waals surface area (Å²) in [4.78, 5) is 12.1. The molecule has 0 aliphatic rings. The van der Waals surface area contributed by atoms with Gasteiger partial charge in [0.1, 0.15) is 5.82 Å². The topological polar surface area (TPSA) is 52.9 Å². The summed E-state index contributed by atoms with van der Waals surface area (Å²) in [6.07, 6.45) is 0. The first-order valence-electron chi connectivity index (χ1n) is 5.78. The molecule has 0 radical (unpaired) electrons. The molecule has 0 fully saturated rings. The molecule has 2 rings (SSSR count). The van der Waals surface area contributed by atoms with Crippen molar-refractivity contribution in [3.63, 3.8) is 0 Å². The van der Waals surface area contributed by atoms with Crippen LogP contribution in [0.5, 0.6) is 0 Å². The van der Waals surface area contributed by atoms with E-state index in [1.54, 1.807) is 31.2 Å². The smallest absolute Gasteiger partial charge is 0.255 e. The number of carbonyl (C=O) groups excluding carboxylic acids is 1. The minimum atomic E-state index is -0.518. The van der Waals surface area contributed by atoms with Gasteiger partial charge in [0, 0.05) is 21.3 Å². The van der Waals surface area contributed by atoms with Crippen LogP contribution >= 0.6 is 15.9 Å². The van der Waals surface area contributed by atoms with Crippen molar-refractivity contribution in [3.8, 4) is 6.07 Å². The number of hydrogen-bond donors (Lipinski definition) is 1. The van der Waals surface area contributed by atoms with E-state index in [0.29, 0.717) is 16.8 Å². The fourth-order valence-corrected chi connectivity index (χ4v) is 1.93. The Bertz CT molecular complexity index is 705. The summed E-state index contributed by atoms with van der Waals surface area (Å²) in [6.45, 7) is 1.55. The predicted octanol–water partition coefficient (Wildman–Crippen LogP) is 4.02. The number of hydrogen-bond acceptors (Lipinski definition) is 2. The molecule has 0 aromatic heterocycles. The molecule has 0 aliphatic carbocycles. The van der Waals surface area contributed by atoms with Crippen LogP contribution < -0.4 is 5.32 Å².